The third-order valence-electron chi connectivity index (χ3n) is 4.15. The number of piperazine rings is 1. The molecule has 24 heavy (non-hydrogen) atoms. The molecule has 0 bridgehead atoms. The van der Waals surface area contributed by atoms with Crippen LogP contribution in [0.15, 0.2) is 48.5 Å². The maximum atomic E-state index is 12.3. The van der Waals surface area contributed by atoms with Crippen LogP contribution in [0.5, 0.6) is 0 Å². The second kappa shape index (κ2) is 7.17. The van der Waals surface area contributed by atoms with E-state index in [2.05, 4.69) is 17.6 Å². The van der Waals surface area contributed by atoms with Crippen molar-refractivity contribution in [2.45, 2.75) is 13.3 Å². The van der Waals surface area contributed by atoms with Crippen LogP contribution in [0.1, 0.15) is 22.8 Å². The fourth-order valence-electron chi connectivity index (χ4n) is 2.71. The van der Waals surface area contributed by atoms with Gasteiger partial charge in [0.1, 0.15) is 0 Å². The Morgan fingerprint density at radius 2 is 1.83 bits per heavy atom. The van der Waals surface area contributed by atoms with Gasteiger partial charge in [-0.1, -0.05) is 19.1 Å². The molecule has 2 aromatic rings. The van der Waals surface area contributed by atoms with Crippen molar-refractivity contribution in [1.29, 1.82) is 0 Å². The highest BCUT2D eigenvalue weighted by atomic mass is 16.2. The standard InChI is InChI=1S/C19H21N3O2/c1-2-14-3-5-15(6-4-14)19(24)21-16-7-9-17(10-8-16)22-12-11-20-18(23)13-22/h3-10H,2,11-13H2,1H3,(H,20,23)(H,21,24). The molecule has 2 aromatic carbocycles. The molecule has 0 unspecified atom stereocenters. The largest absolute Gasteiger partial charge is 0.360 e. The summed E-state index contributed by atoms with van der Waals surface area (Å²) in [6.45, 7) is 3.91. The molecule has 1 saturated heterocycles. The van der Waals surface area contributed by atoms with Crippen LogP contribution >= 0.6 is 0 Å². The Balaban J connectivity index is 1.64. The van der Waals surface area contributed by atoms with E-state index in [0.29, 0.717) is 18.7 Å². The minimum absolute atomic E-state index is 0.0363. The van der Waals surface area contributed by atoms with Crippen molar-refractivity contribution in [2.75, 3.05) is 29.9 Å². The molecule has 5 heteroatoms. The summed E-state index contributed by atoms with van der Waals surface area (Å²) in [6, 6.07) is 15.2. The van der Waals surface area contributed by atoms with E-state index in [0.717, 1.165) is 24.3 Å². The van der Waals surface area contributed by atoms with Gasteiger partial charge in [-0.15, -0.1) is 0 Å². The predicted octanol–water partition coefficient (Wildman–Crippen LogP) is 2.44. The number of hydrogen-bond acceptors (Lipinski definition) is 3. The highest BCUT2D eigenvalue weighted by molar-refractivity contribution is 6.04. The van der Waals surface area contributed by atoms with Crippen molar-refractivity contribution in [1.82, 2.24) is 5.32 Å². The van der Waals surface area contributed by atoms with Gasteiger partial charge < -0.3 is 15.5 Å². The summed E-state index contributed by atoms with van der Waals surface area (Å²) in [7, 11) is 0. The molecule has 0 aromatic heterocycles. The molecule has 1 fully saturated rings. The number of carbonyl (C=O) groups excluding carboxylic acids is 2. The van der Waals surface area contributed by atoms with Crippen LogP contribution in [0.2, 0.25) is 0 Å². The summed E-state index contributed by atoms with van der Waals surface area (Å²) in [6.07, 6.45) is 0.956. The first-order valence-corrected chi connectivity index (χ1v) is 8.17. The maximum Gasteiger partial charge on any atom is 0.255 e. The fraction of sp³-hybridized carbons (Fsp3) is 0.263. The molecule has 2 amide bonds. The molecule has 3 rings (SSSR count). The van der Waals surface area contributed by atoms with Crippen LogP contribution in [0.25, 0.3) is 0 Å². The molecular weight excluding hydrogens is 302 g/mol. The van der Waals surface area contributed by atoms with Crippen LogP contribution in [-0.2, 0) is 11.2 Å². The topological polar surface area (TPSA) is 61.4 Å². The average Bonchev–Trinajstić information content (AvgIpc) is 2.62. The van der Waals surface area contributed by atoms with Crippen LogP contribution in [0.3, 0.4) is 0 Å². The predicted molar refractivity (Wildman–Crippen MR) is 95.4 cm³/mol. The second-order valence-electron chi connectivity index (χ2n) is 5.82. The van der Waals surface area contributed by atoms with Gasteiger partial charge >= 0.3 is 0 Å². The minimum Gasteiger partial charge on any atom is -0.360 e. The summed E-state index contributed by atoms with van der Waals surface area (Å²) in [4.78, 5) is 25.7. The highest BCUT2D eigenvalue weighted by Crippen LogP contribution is 2.19. The van der Waals surface area contributed by atoms with Gasteiger partial charge in [0.25, 0.3) is 5.91 Å². The van der Waals surface area contributed by atoms with Gasteiger partial charge in [0, 0.05) is 30.0 Å². The Bertz CT molecular complexity index is 723. The van der Waals surface area contributed by atoms with E-state index >= 15 is 0 Å². The lowest BCUT2D eigenvalue weighted by Crippen LogP contribution is -2.47. The molecule has 5 nitrogen and oxygen atoms in total. The minimum atomic E-state index is -0.122. The van der Waals surface area contributed by atoms with Gasteiger partial charge in [0.2, 0.25) is 5.91 Å². The smallest absolute Gasteiger partial charge is 0.255 e. The van der Waals surface area contributed by atoms with Gasteiger partial charge in [-0.25, -0.2) is 0 Å². The molecule has 0 radical (unpaired) electrons. The lowest BCUT2D eigenvalue weighted by atomic mass is 10.1. The number of aryl methyl sites for hydroxylation is 1. The van der Waals surface area contributed by atoms with Gasteiger partial charge in [0.15, 0.2) is 0 Å². The number of benzene rings is 2. The Hall–Kier alpha value is -2.82. The molecule has 0 atom stereocenters. The first-order valence-electron chi connectivity index (χ1n) is 8.17. The third kappa shape index (κ3) is 3.74. The van der Waals surface area contributed by atoms with E-state index in [1.165, 1.54) is 5.56 Å². The molecule has 1 aliphatic heterocycles. The molecule has 2 N–H and O–H groups in total. The van der Waals surface area contributed by atoms with Gasteiger partial charge in [0.05, 0.1) is 6.54 Å². The van der Waals surface area contributed by atoms with Crippen LogP contribution < -0.4 is 15.5 Å². The van der Waals surface area contributed by atoms with Gasteiger partial charge in [-0.3, -0.25) is 9.59 Å². The van der Waals surface area contributed by atoms with E-state index in [9.17, 15) is 9.59 Å². The number of anilines is 2. The summed E-state index contributed by atoms with van der Waals surface area (Å²) in [5.41, 5.74) is 3.57. The lowest BCUT2D eigenvalue weighted by molar-refractivity contribution is -0.120. The highest BCUT2D eigenvalue weighted by Gasteiger charge is 2.16. The Kier molecular flexibility index (Phi) is 4.79. The number of rotatable bonds is 4. The zero-order chi connectivity index (χ0) is 16.9. The van der Waals surface area contributed by atoms with E-state index in [1.54, 1.807) is 0 Å². The number of nitrogens with zero attached hydrogens (tertiary/aromatic N) is 1. The summed E-state index contributed by atoms with van der Waals surface area (Å²) in [5, 5.41) is 5.71. The maximum absolute atomic E-state index is 12.3. The molecule has 124 valence electrons. The lowest BCUT2D eigenvalue weighted by Gasteiger charge is -2.28. The summed E-state index contributed by atoms with van der Waals surface area (Å²) in [5.74, 6) is -0.0862. The number of nitrogens with one attached hydrogen (secondary N) is 2. The third-order valence-corrected chi connectivity index (χ3v) is 4.15. The van der Waals surface area contributed by atoms with E-state index < -0.39 is 0 Å². The SMILES string of the molecule is CCc1ccc(C(=O)Nc2ccc(N3CCNC(=O)C3)cc2)cc1. The summed E-state index contributed by atoms with van der Waals surface area (Å²) < 4.78 is 0. The van der Waals surface area contributed by atoms with Crippen molar-refractivity contribution in [3.05, 3.63) is 59.7 Å². The Morgan fingerprint density at radius 3 is 2.46 bits per heavy atom. The van der Waals surface area contributed by atoms with Crippen molar-refractivity contribution in [2.24, 2.45) is 0 Å². The van der Waals surface area contributed by atoms with Crippen molar-refractivity contribution in [3.8, 4) is 0 Å². The van der Waals surface area contributed by atoms with E-state index in [4.69, 9.17) is 0 Å². The van der Waals surface area contributed by atoms with Gasteiger partial charge in [-0.2, -0.15) is 0 Å². The van der Waals surface area contributed by atoms with Crippen LogP contribution in [0.4, 0.5) is 11.4 Å². The monoisotopic (exact) mass is 323 g/mol. The summed E-state index contributed by atoms with van der Waals surface area (Å²) >= 11 is 0. The fourth-order valence-corrected chi connectivity index (χ4v) is 2.71. The van der Waals surface area contributed by atoms with Crippen molar-refractivity contribution < 1.29 is 9.59 Å². The van der Waals surface area contributed by atoms with Crippen molar-refractivity contribution in [3.63, 3.8) is 0 Å². The molecular formula is C19H21N3O2. The quantitative estimate of drug-likeness (QED) is 0.908. The normalized spacial score (nSPS) is 14.2. The average molecular weight is 323 g/mol. The number of hydrogen-bond donors (Lipinski definition) is 2. The molecule has 0 saturated carbocycles. The first kappa shape index (κ1) is 16.1. The van der Waals surface area contributed by atoms with Gasteiger partial charge in [-0.05, 0) is 48.4 Å². The number of carbonyl (C=O) groups is 2. The van der Waals surface area contributed by atoms with Crippen LogP contribution in [0, 0.1) is 0 Å². The first-order chi connectivity index (χ1) is 11.7. The zero-order valence-electron chi connectivity index (χ0n) is 13.7. The Labute approximate surface area is 141 Å². The van der Waals surface area contributed by atoms with E-state index in [1.807, 2.05) is 53.4 Å². The molecule has 0 spiro atoms. The van der Waals surface area contributed by atoms with Crippen LogP contribution in [-0.4, -0.2) is 31.4 Å². The molecule has 1 aliphatic rings. The molecule has 1 heterocycles. The Morgan fingerprint density at radius 1 is 1.12 bits per heavy atom. The zero-order valence-corrected chi connectivity index (χ0v) is 13.7. The second-order valence-corrected chi connectivity index (χ2v) is 5.82. The molecule has 0 aliphatic carbocycles. The van der Waals surface area contributed by atoms with Crippen molar-refractivity contribution >= 4 is 23.2 Å². The van der Waals surface area contributed by atoms with E-state index in [-0.39, 0.29) is 11.8 Å². The number of amides is 2.